The number of alkyl halides is 3. The maximum atomic E-state index is 12.4. The fraction of sp³-hybridized carbons (Fsp3) is 0.444. The van der Waals surface area contributed by atoms with Crippen molar-refractivity contribution in [3.8, 4) is 5.75 Å². The number of carbonyl (C=O) groups excluding carboxylic acids is 1. The Morgan fingerprint density at radius 2 is 2.04 bits per heavy atom. The van der Waals surface area contributed by atoms with Crippen molar-refractivity contribution >= 4 is 22.8 Å². The largest absolute Gasteiger partial charge is 0.573 e. The van der Waals surface area contributed by atoms with Crippen molar-refractivity contribution in [2.75, 3.05) is 13.1 Å². The number of carboxylic acid groups (broad SMARTS) is 1. The van der Waals surface area contributed by atoms with Crippen LogP contribution in [-0.4, -0.2) is 58.4 Å². The maximum absolute atomic E-state index is 12.4. The molecule has 1 heterocycles. The Morgan fingerprint density at radius 1 is 1.32 bits per heavy atom. The molecule has 10 heteroatoms. The molecule has 0 radical (unpaired) electrons. The molecule has 0 bridgehead atoms. The zero-order valence-electron chi connectivity index (χ0n) is 15.0. The molecule has 1 aliphatic carbocycles. The predicted molar refractivity (Wildman–Crippen MR) is 94.1 cm³/mol. The topological polar surface area (TPSA) is 94.7 Å². The van der Waals surface area contributed by atoms with Gasteiger partial charge in [0.15, 0.2) is 0 Å². The summed E-state index contributed by atoms with van der Waals surface area (Å²) in [5.74, 6) is -1.62. The molecule has 152 valence electrons. The first-order valence-electron chi connectivity index (χ1n) is 8.80. The highest BCUT2D eigenvalue weighted by Crippen LogP contribution is 2.28. The molecular weight excluding hydrogens is 379 g/mol. The number of aromatic amines is 1. The molecule has 3 rings (SSSR count). The van der Waals surface area contributed by atoms with E-state index in [-0.39, 0.29) is 36.0 Å². The summed E-state index contributed by atoms with van der Waals surface area (Å²) in [7, 11) is 0. The molecule has 1 saturated carbocycles. The van der Waals surface area contributed by atoms with Crippen LogP contribution in [0.2, 0.25) is 0 Å². The molecule has 0 aliphatic heterocycles. The summed E-state index contributed by atoms with van der Waals surface area (Å²) in [6, 6.07) is 5.40. The number of fused-ring (bicyclic) bond motifs is 1. The minimum atomic E-state index is -4.78. The summed E-state index contributed by atoms with van der Waals surface area (Å²) >= 11 is 0. The fourth-order valence-corrected chi connectivity index (χ4v) is 3.37. The van der Waals surface area contributed by atoms with Gasteiger partial charge in [-0.15, -0.1) is 13.2 Å². The average Bonchev–Trinajstić information content (AvgIpc) is 2.97. The Kier molecular flexibility index (Phi) is 5.50. The highest BCUT2D eigenvalue weighted by molar-refractivity contribution is 5.98. The van der Waals surface area contributed by atoms with Crippen molar-refractivity contribution in [2.45, 2.75) is 38.2 Å². The van der Waals surface area contributed by atoms with Crippen LogP contribution in [0, 0.1) is 0 Å². The molecule has 7 nitrogen and oxygen atoms in total. The molecule has 1 aromatic heterocycles. The smallest absolute Gasteiger partial charge is 0.480 e. The van der Waals surface area contributed by atoms with E-state index in [1.165, 1.54) is 18.2 Å². The van der Waals surface area contributed by atoms with Gasteiger partial charge < -0.3 is 20.1 Å². The Balaban J connectivity index is 1.59. The second kappa shape index (κ2) is 7.70. The number of amides is 1. The van der Waals surface area contributed by atoms with Crippen LogP contribution in [0.15, 0.2) is 24.3 Å². The van der Waals surface area contributed by atoms with Crippen LogP contribution in [-0.2, 0) is 4.79 Å². The number of ether oxygens (including phenoxy) is 1. The standard InChI is InChI=1S/C18H20F3N3O4/c1-2-24(9-16(25)26)12-6-11(7-12)22-17(27)15-5-10-3-4-13(8-14(10)23-15)28-18(19,20)21/h3-5,8,11-12,23H,2,6-7,9H2,1H3,(H,22,27)(H,25,26). The lowest BCUT2D eigenvalue weighted by molar-refractivity contribution is -0.274. The van der Waals surface area contributed by atoms with Gasteiger partial charge in [-0.25, -0.2) is 0 Å². The van der Waals surface area contributed by atoms with Crippen molar-refractivity contribution < 1.29 is 32.6 Å². The van der Waals surface area contributed by atoms with Gasteiger partial charge in [0.2, 0.25) is 0 Å². The van der Waals surface area contributed by atoms with E-state index in [1.807, 2.05) is 11.8 Å². The highest BCUT2D eigenvalue weighted by atomic mass is 19.4. The summed E-state index contributed by atoms with van der Waals surface area (Å²) in [6.45, 7) is 2.46. The zero-order valence-corrected chi connectivity index (χ0v) is 15.0. The normalized spacial score (nSPS) is 19.5. The van der Waals surface area contributed by atoms with E-state index in [0.717, 1.165) is 0 Å². The van der Waals surface area contributed by atoms with Gasteiger partial charge in [-0.05, 0) is 37.6 Å². The van der Waals surface area contributed by atoms with Crippen LogP contribution in [0.4, 0.5) is 13.2 Å². The van der Waals surface area contributed by atoms with E-state index in [0.29, 0.717) is 30.3 Å². The fourth-order valence-electron chi connectivity index (χ4n) is 3.37. The molecular formula is C18H20F3N3O4. The van der Waals surface area contributed by atoms with Crippen molar-refractivity contribution in [2.24, 2.45) is 0 Å². The number of H-pyrrole nitrogens is 1. The summed E-state index contributed by atoms with van der Waals surface area (Å²) in [6.07, 6.45) is -3.48. The molecule has 0 unspecified atom stereocenters. The SMILES string of the molecule is CCN(CC(=O)O)C1CC(NC(=O)c2cc3ccc(OC(F)(F)F)cc3[nH]2)C1. The molecule has 0 saturated heterocycles. The molecule has 0 atom stereocenters. The maximum Gasteiger partial charge on any atom is 0.573 e. The minimum Gasteiger partial charge on any atom is -0.480 e. The lowest BCUT2D eigenvalue weighted by atomic mass is 9.85. The Hall–Kier alpha value is -2.75. The van der Waals surface area contributed by atoms with Crippen LogP contribution in [0.25, 0.3) is 10.9 Å². The summed E-state index contributed by atoms with van der Waals surface area (Å²) < 4.78 is 40.8. The van der Waals surface area contributed by atoms with E-state index in [1.54, 1.807) is 6.07 Å². The molecule has 1 aromatic carbocycles. The first-order chi connectivity index (χ1) is 13.1. The van der Waals surface area contributed by atoms with Gasteiger partial charge in [-0.3, -0.25) is 14.5 Å². The number of carboxylic acids is 1. The van der Waals surface area contributed by atoms with E-state index in [4.69, 9.17) is 5.11 Å². The summed E-state index contributed by atoms with van der Waals surface area (Å²) in [5.41, 5.74) is 0.595. The first-order valence-corrected chi connectivity index (χ1v) is 8.80. The van der Waals surface area contributed by atoms with Crippen molar-refractivity contribution in [1.29, 1.82) is 0 Å². The third-order valence-corrected chi connectivity index (χ3v) is 4.78. The van der Waals surface area contributed by atoms with E-state index in [9.17, 15) is 22.8 Å². The zero-order chi connectivity index (χ0) is 20.5. The van der Waals surface area contributed by atoms with E-state index >= 15 is 0 Å². The van der Waals surface area contributed by atoms with Crippen LogP contribution < -0.4 is 10.1 Å². The number of nitrogens with one attached hydrogen (secondary N) is 2. The summed E-state index contributed by atoms with van der Waals surface area (Å²) in [4.78, 5) is 27.9. The minimum absolute atomic E-state index is 0.0355. The van der Waals surface area contributed by atoms with Gasteiger partial charge in [-0.1, -0.05) is 6.92 Å². The van der Waals surface area contributed by atoms with Gasteiger partial charge >= 0.3 is 12.3 Å². The number of hydrogen-bond acceptors (Lipinski definition) is 4. The van der Waals surface area contributed by atoms with Gasteiger partial charge in [0.25, 0.3) is 5.91 Å². The van der Waals surface area contributed by atoms with Crippen LogP contribution in [0.5, 0.6) is 5.75 Å². The molecule has 2 aromatic rings. The predicted octanol–water partition coefficient (Wildman–Crippen LogP) is 2.73. The Labute approximate surface area is 158 Å². The van der Waals surface area contributed by atoms with Gasteiger partial charge in [0.1, 0.15) is 11.4 Å². The third kappa shape index (κ3) is 4.75. The lowest BCUT2D eigenvalue weighted by Crippen LogP contribution is -2.54. The van der Waals surface area contributed by atoms with Crippen molar-refractivity contribution in [1.82, 2.24) is 15.2 Å². The summed E-state index contributed by atoms with van der Waals surface area (Å²) in [5, 5.41) is 12.3. The average molecular weight is 399 g/mol. The van der Waals surface area contributed by atoms with Gasteiger partial charge in [0.05, 0.1) is 6.54 Å². The number of carbonyl (C=O) groups is 2. The Morgan fingerprint density at radius 3 is 2.64 bits per heavy atom. The molecule has 1 fully saturated rings. The monoisotopic (exact) mass is 399 g/mol. The van der Waals surface area contributed by atoms with Crippen molar-refractivity contribution in [3.63, 3.8) is 0 Å². The van der Waals surface area contributed by atoms with Crippen LogP contribution >= 0.6 is 0 Å². The molecule has 28 heavy (non-hydrogen) atoms. The number of hydrogen-bond donors (Lipinski definition) is 3. The molecule has 1 aliphatic rings. The van der Waals surface area contributed by atoms with Crippen LogP contribution in [0.1, 0.15) is 30.3 Å². The lowest BCUT2D eigenvalue weighted by Gasteiger charge is -2.42. The van der Waals surface area contributed by atoms with E-state index < -0.39 is 12.3 Å². The molecule has 3 N–H and O–H groups in total. The number of aromatic nitrogens is 1. The number of halogens is 3. The quantitative estimate of drug-likeness (QED) is 0.666. The Bertz CT molecular complexity index is 875. The van der Waals surface area contributed by atoms with Crippen LogP contribution in [0.3, 0.4) is 0 Å². The van der Waals surface area contributed by atoms with Gasteiger partial charge in [0, 0.05) is 29.1 Å². The number of nitrogens with zero attached hydrogens (tertiary/aromatic N) is 1. The molecule has 0 spiro atoms. The second-order valence-corrected chi connectivity index (χ2v) is 6.73. The first kappa shape index (κ1) is 20.0. The third-order valence-electron chi connectivity index (χ3n) is 4.78. The highest BCUT2D eigenvalue weighted by Gasteiger charge is 2.35. The van der Waals surface area contributed by atoms with Gasteiger partial charge in [-0.2, -0.15) is 0 Å². The van der Waals surface area contributed by atoms with Crippen molar-refractivity contribution in [3.05, 3.63) is 30.0 Å². The number of benzene rings is 1. The number of likely N-dealkylation sites (N-methyl/N-ethyl adjacent to an activating group) is 1. The number of aliphatic carboxylic acids is 1. The van der Waals surface area contributed by atoms with E-state index in [2.05, 4.69) is 15.0 Å². The number of rotatable bonds is 7. The molecule has 1 amide bonds. The second-order valence-electron chi connectivity index (χ2n) is 6.73.